The van der Waals surface area contributed by atoms with Crippen LogP contribution in [0, 0.1) is 5.92 Å². The lowest BCUT2D eigenvalue weighted by Crippen LogP contribution is -2.18. The number of hydrogen-bond donors (Lipinski definition) is 1. The quantitative estimate of drug-likeness (QED) is 0.728. The minimum Gasteiger partial charge on any atom is -0.294 e. The number of nitrogens with zero attached hydrogens (tertiary/aromatic N) is 6. The summed E-state index contributed by atoms with van der Waals surface area (Å²) in [5.74, 6) is 1.33. The Bertz CT molecular complexity index is 857. The Hall–Kier alpha value is -2.68. The summed E-state index contributed by atoms with van der Waals surface area (Å²) in [4.78, 5) is 21.4. The molecule has 0 saturated carbocycles. The van der Waals surface area contributed by atoms with Crippen LogP contribution in [-0.2, 0) is 12.8 Å². The van der Waals surface area contributed by atoms with Gasteiger partial charge in [-0.05, 0) is 24.5 Å². The standard InChI is InChI=1S/C16H19N7OS/c1-4-13-20-21-16(25-13)19-15(24)14-18-11(9-10(2)3)22-23(14)12-7-5-6-8-17-12/h5-8,10H,4,9H2,1-3H3,(H,19,21,24). The van der Waals surface area contributed by atoms with E-state index in [9.17, 15) is 4.79 Å². The van der Waals surface area contributed by atoms with Crippen LogP contribution >= 0.6 is 11.3 Å². The Kier molecular flexibility index (Phi) is 5.13. The molecule has 0 aromatic carbocycles. The molecule has 0 unspecified atom stereocenters. The van der Waals surface area contributed by atoms with Gasteiger partial charge < -0.3 is 0 Å². The van der Waals surface area contributed by atoms with E-state index in [0.29, 0.717) is 29.1 Å². The van der Waals surface area contributed by atoms with Crippen LogP contribution in [0.4, 0.5) is 5.13 Å². The lowest BCUT2D eigenvalue weighted by molar-refractivity contribution is 0.101. The number of hydrogen-bond acceptors (Lipinski definition) is 7. The summed E-state index contributed by atoms with van der Waals surface area (Å²) in [5, 5.41) is 16.5. The monoisotopic (exact) mass is 357 g/mol. The number of aromatic nitrogens is 6. The molecule has 0 saturated heterocycles. The fourth-order valence-electron chi connectivity index (χ4n) is 2.19. The van der Waals surface area contributed by atoms with Crippen molar-refractivity contribution in [1.29, 1.82) is 0 Å². The summed E-state index contributed by atoms with van der Waals surface area (Å²) in [6, 6.07) is 5.43. The zero-order valence-corrected chi connectivity index (χ0v) is 15.1. The van der Waals surface area contributed by atoms with Crippen molar-refractivity contribution in [3.05, 3.63) is 41.1 Å². The molecule has 3 aromatic rings. The molecule has 1 N–H and O–H groups in total. The van der Waals surface area contributed by atoms with E-state index in [-0.39, 0.29) is 11.7 Å². The number of carbonyl (C=O) groups is 1. The van der Waals surface area contributed by atoms with Crippen molar-refractivity contribution in [3.63, 3.8) is 0 Å². The predicted molar refractivity (Wildman–Crippen MR) is 94.9 cm³/mol. The van der Waals surface area contributed by atoms with E-state index in [0.717, 1.165) is 11.4 Å². The molecule has 8 nitrogen and oxygen atoms in total. The number of aryl methyl sites for hydroxylation is 1. The molecule has 1 amide bonds. The van der Waals surface area contributed by atoms with Crippen LogP contribution in [-0.4, -0.2) is 35.9 Å². The van der Waals surface area contributed by atoms with Crippen molar-refractivity contribution in [1.82, 2.24) is 29.9 Å². The molecular weight excluding hydrogens is 338 g/mol. The molecule has 0 fully saturated rings. The van der Waals surface area contributed by atoms with E-state index in [4.69, 9.17) is 0 Å². The maximum absolute atomic E-state index is 12.7. The molecule has 3 heterocycles. The molecule has 0 bridgehead atoms. The normalized spacial score (nSPS) is 11.0. The zero-order chi connectivity index (χ0) is 17.8. The second-order valence-corrected chi connectivity index (χ2v) is 6.92. The summed E-state index contributed by atoms with van der Waals surface area (Å²) >= 11 is 1.35. The lowest BCUT2D eigenvalue weighted by atomic mass is 10.1. The third kappa shape index (κ3) is 4.05. The van der Waals surface area contributed by atoms with Gasteiger partial charge in [0.25, 0.3) is 5.91 Å². The van der Waals surface area contributed by atoms with Crippen molar-refractivity contribution in [2.45, 2.75) is 33.6 Å². The maximum Gasteiger partial charge on any atom is 0.295 e. The minimum absolute atomic E-state index is 0.183. The van der Waals surface area contributed by atoms with E-state index in [2.05, 4.69) is 44.4 Å². The highest BCUT2D eigenvalue weighted by Gasteiger charge is 2.21. The molecule has 0 aliphatic rings. The van der Waals surface area contributed by atoms with Gasteiger partial charge in [-0.2, -0.15) is 4.68 Å². The van der Waals surface area contributed by atoms with Gasteiger partial charge in [0, 0.05) is 12.6 Å². The average molecular weight is 357 g/mol. The van der Waals surface area contributed by atoms with Crippen LogP contribution in [0.3, 0.4) is 0 Å². The number of amides is 1. The van der Waals surface area contributed by atoms with Crippen molar-refractivity contribution >= 4 is 22.4 Å². The van der Waals surface area contributed by atoms with E-state index in [1.807, 2.05) is 19.1 Å². The van der Waals surface area contributed by atoms with Gasteiger partial charge in [0.05, 0.1) is 0 Å². The van der Waals surface area contributed by atoms with Gasteiger partial charge in [0.2, 0.25) is 11.0 Å². The van der Waals surface area contributed by atoms with Crippen LogP contribution in [0.15, 0.2) is 24.4 Å². The molecule has 3 rings (SSSR count). The number of anilines is 1. The van der Waals surface area contributed by atoms with Gasteiger partial charge in [-0.25, -0.2) is 9.97 Å². The number of pyridine rings is 1. The Morgan fingerprint density at radius 2 is 2.16 bits per heavy atom. The Labute approximate surface area is 149 Å². The summed E-state index contributed by atoms with van der Waals surface area (Å²) < 4.78 is 1.47. The third-order valence-corrected chi connectivity index (χ3v) is 4.28. The van der Waals surface area contributed by atoms with E-state index in [1.165, 1.54) is 16.0 Å². The highest BCUT2D eigenvalue weighted by Crippen LogP contribution is 2.17. The molecule has 3 aromatic heterocycles. The first-order valence-electron chi connectivity index (χ1n) is 8.08. The van der Waals surface area contributed by atoms with Crippen LogP contribution in [0.25, 0.3) is 5.82 Å². The molecule has 9 heteroatoms. The Morgan fingerprint density at radius 1 is 1.32 bits per heavy atom. The largest absolute Gasteiger partial charge is 0.295 e. The SMILES string of the molecule is CCc1nnc(NC(=O)c2nc(CC(C)C)nn2-c2ccccn2)s1. The van der Waals surface area contributed by atoms with Gasteiger partial charge in [-0.1, -0.05) is 38.2 Å². The van der Waals surface area contributed by atoms with Crippen molar-refractivity contribution in [2.75, 3.05) is 5.32 Å². The van der Waals surface area contributed by atoms with Crippen LogP contribution < -0.4 is 5.32 Å². The molecule has 25 heavy (non-hydrogen) atoms. The number of rotatable bonds is 6. The lowest BCUT2D eigenvalue weighted by Gasteiger charge is -2.03. The van der Waals surface area contributed by atoms with Crippen molar-refractivity contribution < 1.29 is 4.79 Å². The minimum atomic E-state index is -0.382. The molecule has 0 atom stereocenters. The van der Waals surface area contributed by atoms with Crippen LogP contribution in [0.2, 0.25) is 0 Å². The van der Waals surface area contributed by atoms with Crippen LogP contribution in [0.1, 0.15) is 42.2 Å². The molecule has 0 aliphatic heterocycles. The molecule has 0 spiro atoms. The topological polar surface area (TPSA) is 98.5 Å². The molecular formula is C16H19N7OS. The van der Waals surface area contributed by atoms with E-state index >= 15 is 0 Å². The molecule has 0 radical (unpaired) electrons. The zero-order valence-electron chi connectivity index (χ0n) is 14.3. The maximum atomic E-state index is 12.7. The van der Waals surface area contributed by atoms with Gasteiger partial charge in [-0.3, -0.25) is 10.1 Å². The van der Waals surface area contributed by atoms with E-state index in [1.54, 1.807) is 12.3 Å². The van der Waals surface area contributed by atoms with Crippen molar-refractivity contribution in [2.24, 2.45) is 5.92 Å². The smallest absolute Gasteiger partial charge is 0.294 e. The highest BCUT2D eigenvalue weighted by atomic mass is 32.1. The fourth-order valence-corrected chi connectivity index (χ4v) is 2.87. The summed E-state index contributed by atoms with van der Waals surface area (Å²) in [5.41, 5.74) is 0. The summed E-state index contributed by atoms with van der Waals surface area (Å²) in [6.45, 7) is 6.14. The second-order valence-electron chi connectivity index (χ2n) is 5.86. The Morgan fingerprint density at radius 3 is 2.80 bits per heavy atom. The highest BCUT2D eigenvalue weighted by molar-refractivity contribution is 7.15. The van der Waals surface area contributed by atoms with Gasteiger partial charge in [0.15, 0.2) is 11.6 Å². The average Bonchev–Trinajstić information content (AvgIpc) is 3.22. The first-order chi connectivity index (χ1) is 12.1. The van der Waals surface area contributed by atoms with Crippen LogP contribution in [0.5, 0.6) is 0 Å². The first kappa shape index (κ1) is 17.2. The molecule has 0 aliphatic carbocycles. The van der Waals surface area contributed by atoms with Gasteiger partial charge >= 0.3 is 0 Å². The van der Waals surface area contributed by atoms with Gasteiger partial charge in [0.1, 0.15) is 5.01 Å². The first-order valence-corrected chi connectivity index (χ1v) is 8.89. The third-order valence-electron chi connectivity index (χ3n) is 3.30. The van der Waals surface area contributed by atoms with Crippen molar-refractivity contribution in [3.8, 4) is 5.82 Å². The summed E-state index contributed by atoms with van der Waals surface area (Å²) in [7, 11) is 0. The second kappa shape index (κ2) is 7.47. The Balaban J connectivity index is 1.92. The number of carbonyl (C=O) groups excluding carboxylic acids is 1. The fraction of sp³-hybridized carbons (Fsp3) is 0.375. The van der Waals surface area contributed by atoms with Gasteiger partial charge in [-0.15, -0.1) is 15.3 Å². The van der Waals surface area contributed by atoms with E-state index < -0.39 is 0 Å². The number of nitrogens with one attached hydrogen (secondary N) is 1. The molecule has 130 valence electrons. The predicted octanol–water partition coefficient (Wildman–Crippen LogP) is 2.53. The summed E-state index contributed by atoms with van der Waals surface area (Å²) in [6.07, 6.45) is 3.11.